The standard InChI is InChI=1S/C17H18Cl2N2O3S/c1-17(2,10-4-5-11(18)12(19)8-10)20-9-14(22)21-13-6-7-25-15(13)16(23)24-3/h4-8,20H,9H2,1-3H3,(H,21,22). The average molecular weight is 401 g/mol. The van der Waals surface area contributed by atoms with E-state index in [0.717, 1.165) is 5.56 Å². The number of thiophene rings is 1. The third kappa shape index (κ3) is 4.95. The second kappa shape index (κ2) is 8.19. The van der Waals surface area contributed by atoms with Crippen LogP contribution in [-0.2, 0) is 15.1 Å². The van der Waals surface area contributed by atoms with Crippen molar-refractivity contribution in [3.63, 3.8) is 0 Å². The van der Waals surface area contributed by atoms with Gasteiger partial charge < -0.3 is 10.1 Å². The number of methoxy groups -OCH3 is 1. The number of carbonyl (C=O) groups is 2. The third-order valence-corrected chi connectivity index (χ3v) is 5.28. The van der Waals surface area contributed by atoms with E-state index in [1.807, 2.05) is 19.9 Å². The van der Waals surface area contributed by atoms with Gasteiger partial charge in [-0.2, -0.15) is 0 Å². The summed E-state index contributed by atoms with van der Waals surface area (Å²) in [6, 6.07) is 7.01. The zero-order valence-electron chi connectivity index (χ0n) is 14.0. The molecule has 25 heavy (non-hydrogen) atoms. The Balaban J connectivity index is 2.00. The molecule has 0 unspecified atom stereocenters. The first-order chi connectivity index (χ1) is 11.7. The number of esters is 1. The summed E-state index contributed by atoms with van der Waals surface area (Å²) in [7, 11) is 1.30. The number of halogens is 2. The normalized spacial score (nSPS) is 11.2. The number of hydrogen-bond donors (Lipinski definition) is 2. The van der Waals surface area contributed by atoms with Crippen molar-refractivity contribution >= 4 is 52.1 Å². The van der Waals surface area contributed by atoms with E-state index in [2.05, 4.69) is 10.6 Å². The van der Waals surface area contributed by atoms with Gasteiger partial charge in [0.05, 0.1) is 29.4 Å². The van der Waals surface area contributed by atoms with Crippen molar-refractivity contribution in [2.45, 2.75) is 19.4 Å². The molecule has 0 aliphatic carbocycles. The van der Waals surface area contributed by atoms with E-state index >= 15 is 0 Å². The Kier molecular flexibility index (Phi) is 6.46. The highest BCUT2D eigenvalue weighted by atomic mass is 35.5. The largest absolute Gasteiger partial charge is 0.465 e. The molecule has 0 fully saturated rings. The summed E-state index contributed by atoms with van der Waals surface area (Å²) in [5.41, 5.74) is 0.849. The molecule has 0 bridgehead atoms. The third-order valence-electron chi connectivity index (χ3n) is 3.64. The lowest BCUT2D eigenvalue weighted by Crippen LogP contribution is -2.41. The lowest BCUT2D eigenvalue weighted by atomic mass is 9.94. The van der Waals surface area contributed by atoms with Gasteiger partial charge in [-0.25, -0.2) is 4.79 Å². The van der Waals surface area contributed by atoms with E-state index in [-0.39, 0.29) is 12.5 Å². The van der Waals surface area contributed by atoms with Gasteiger partial charge in [-0.1, -0.05) is 29.3 Å². The van der Waals surface area contributed by atoms with E-state index in [0.29, 0.717) is 20.6 Å². The van der Waals surface area contributed by atoms with E-state index in [4.69, 9.17) is 27.9 Å². The Morgan fingerprint density at radius 3 is 2.56 bits per heavy atom. The van der Waals surface area contributed by atoms with Crippen LogP contribution in [0.4, 0.5) is 5.69 Å². The van der Waals surface area contributed by atoms with Crippen LogP contribution >= 0.6 is 34.5 Å². The predicted octanol–water partition coefficient (Wildman–Crippen LogP) is 4.30. The Morgan fingerprint density at radius 1 is 1.20 bits per heavy atom. The van der Waals surface area contributed by atoms with Gasteiger partial charge in [-0.3, -0.25) is 10.1 Å². The maximum Gasteiger partial charge on any atom is 0.350 e. The van der Waals surface area contributed by atoms with E-state index in [1.165, 1.54) is 18.4 Å². The van der Waals surface area contributed by atoms with Crippen molar-refractivity contribution in [2.75, 3.05) is 19.0 Å². The van der Waals surface area contributed by atoms with Crippen molar-refractivity contribution in [1.82, 2.24) is 5.32 Å². The summed E-state index contributed by atoms with van der Waals surface area (Å²) < 4.78 is 4.69. The van der Waals surface area contributed by atoms with Crippen LogP contribution in [0.3, 0.4) is 0 Å². The lowest BCUT2D eigenvalue weighted by Gasteiger charge is -2.27. The molecule has 0 saturated heterocycles. The molecular formula is C17H18Cl2N2O3S. The highest BCUT2D eigenvalue weighted by molar-refractivity contribution is 7.12. The minimum Gasteiger partial charge on any atom is -0.465 e. The summed E-state index contributed by atoms with van der Waals surface area (Å²) >= 11 is 13.2. The smallest absolute Gasteiger partial charge is 0.350 e. The number of rotatable bonds is 6. The summed E-state index contributed by atoms with van der Waals surface area (Å²) in [5.74, 6) is -0.744. The van der Waals surface area contributed by atoms with Crippen molar-refractivity contribution in [3.8, 4) is 0 Å². The molecule has 0 aliphatic rings. The molecular weight excluding hydrogens is 383 g/mol. The molecule has 1 amide bonds. The monoisotopic (exact) mass is 400 g/mol. The van der Waals surface area contributed by atoms with Gasteiger partial charge in [-0.15, -0.1) is 11.3 Å². The quantitative estimate of drug-likeness (QED) is 0.709. The van der Waals surface area contributed by atoms with Crippen LogP contribution in [-0.4, -0.2) is 25.5 Å². The van der Waals surface area contributed by atoms with Crippen LogP contribution in [0.5, 0.6) is 0 Å². The number of ether oxygens (including phenoxy) is 1. The van der Waals surface area contributed by atoms with Gasteiger partial charge in [0.2, 0.25) is 5.91 Å². The molecule has 1 aromatic carbocycles. The van der Waals surface area contributed by atoms with Gasteiger partial charge in [0.15, 0.2) is 0 Å². The number of benzene rings is 1. The fourth-order valence-electron chi connectivity index (χ4n) is 2.14. The predicted molar refractivity (Wildman–Crippen MR) is 102 cm³/mol. The molecule has 0 radical (unpaired) electrons. The fourth-order valence-corrected chi connectivity index (χ4v) is 3.20. The Hall–Kier alpha value is -1.60. The van der Waals surface area contributed by atoms with Gasteiger partial charge in [0, 0.05) is 5.54 Å². The van der Waals surface area contributed by atoms with Gasteiger partial charge in [0.25, 0.3) is 0 Å². The van der Waals surface area contributed by atoms with Crippen molar-refractivity contribution in [3.05, 3.63) is 50.1 Å². The number of anilines is 1. The molecule has 2 N–H and O–H groups in total. The molecule has 2 rings (SSSR count). The van der Waals surface area contributed by atoms with Gasteiger partial charge in [-0.05, 0) is 43.0 Å². The molecule has 1 heterocycles. The lowest BCUT2D eigenvalue weighted by molar-refractivity contribution is -0.115. The van der Waals surface area contributed by atoms with Crippen LogP contribution < -0.4 is 10.6 Å². The van der Waals surface area contributed by atoms with E-state index in [9.17, 15) is 9.59 Å². The Bertz CT molecular complexity index is 790. The summed E-state index contributed by atoms with van der Waals surface area (Å²) in [4.78, 5) is 24.2. The van der Waals surface area contributed by atoms with Crippen LogP contribution in [0.1, 0.15) is 29.1 Å². The topological polar surface area (TPSA) is 67.4 Å². The van der Waals surface area contributed by atoms with Crippen LogP contribution in [0.25, 0.3) is 0 Å². The number of hydrogen-bond acceptors (Lipinski definition) is 5. The second-order valence-electron chi connectivity index (χ2n) is 5.81. The Labute approximate surface area is 160 Å². The minimum atomic E-state index is -0.495. The summed E-state index contributed by atoms with van der Waals surface area (Å²) in [6.07, 6.45) is 0. The first kappa shape index (κ1) is 19.7. The zero-order chi connectivity index (χ0) is 18.6. The van der Waals surface area contributed by atoms with E-state index in [1.54, 1.807) is 23.6 Å². The fraction of sp³-hybridized carbons (Fsp3) is 0.294. The number of carbonyl (C=O) groups excluding carboxylic acids is 2. The SMILES string of the molecule is COC(=O)c1sccc1NC(=O)CNC(C)(C)c1ccc(Cl)c(Cl)c1. The highest BCUT2D eigenvalue weighted by Crippen LogP contribution is 2.28. The summed E-state index contributed by atoms with van der Waals surface area (Å²) in [6.45, 7) is 3.93. The maximum absolute atomic E-state index is 12.2. The molecule has 0 saturated carbocycles. The van der Waals surface area contributed by atoms with Crippen LogP contribution in [0.15, 0.2) is 29.6 Å². The molecule has 0 aliphatic heterocycles. The minimum absolute atomic E-state index is 0.0592. The molecule has 1 aromatic heterocycles. The molecule has 2 aromatic rings. The van der Waals surface area contributed by atoms with Crippen molar-refractivity contribution in [2.24, 2.45) is 0 Å². The van der Waals surface area contributed by atoms with Crippen LogP contribution in [0.2, 0.25) is 10.0 Å². The molecule has 8 heteroatoms. The average Bonchev–Trinajstić information content (AvgIpc) is 3.02. The number of amides is 1. The second-order valence-corrected chi connectivity index (χ2v) is 7.54. The number of nitrogens with one attached hydrogen (secondary N) is 2. The van der Waals surface area contributed by atoms with Crippen molar-refractivity contribution in [1.29, 1.82) is 0 Å². The highest BCUT2D eigenvalue weighted by Gasteiger charge is 2.22. The molecule has 5 nitrogen and oxygen atoms in total. The first-order valence-corrected chi connectivity index (χ1v) is 9.04. The van der Waals surface area contributed by atoms with E-state index < -0.39 is 11.5 Å². The van der Waals surface area contributed by atoms with Gasteiger partial charge >= 0.3 is 5.97 Å². The van der Waals surface area contributed by atoms with Crippen molar-refractivity contribution < 1.29 is 14.3 Å². The van der Waals surface area contributed by atoms with Crippen LogP contribution in [0, 0.1) is 0 Å². The zero-order valence-corrected chi connectivity index (χ0v) is 16.3. The Morgan fingerprint density at radius 2 is 1.92 bits per heavy atom. The van der Waals surface area contributed by atoms with Gasteiger partial charge in [0.1, 0.15) is 4.88 Å². The summed E-state index contributed by atoms with van der Waals surface area (Å²) in [5, 5.41) is 8.54. The molecule has 0 atom stereocenters. The molecule has 134 valence electrons. The maximum atomic E-state index is 12.2. The first-order valence-electron chi connectivity index (χ1n) is 7.41. The molecule has 0 spiro atoms.